The van der Waals surface area contributed by atoms with Crippen LogP contribution in [0.2, 0.25) is 0 Å². The number of carbonyl (C=O) groups excluding carboxylic acids is 1. The Balaban J connectivity index is 1.55. The van der Waals surface area contributed by atoms with Gasteiger partial charge in [-0.05, 0) is 48.5 Å². The van der Waals surface area contributed by atoms with Gasteiger partial charge in [-0.3, -0.25) is 9.89 Å². The lowest BCUT2D eigenvalue weighted by Crippen LogP contribution is -2.12. The Morgan fingerprint density at radius 3 is 2.79 bits per heavy atom. The molecule has 118 valence electrons. The Hall–Kier alpha value is -3.48. The van der Waals surface area contributed by atoms with Gasteiger partial charge in [-0.25, -0.2) is 8.91 Å². The average molecular weight is 321 g/mol. The number of benzene rings is 1. The van der Waals surface area contributed by atoms with E-state index in [0.717, 1.165) is 11.1 Å². The topological polar surface area (TPSA) is 75.1 Å². The quantitative estimate of drug-likeness (QED) is 0.609. The molecular weight excluding hydrogens is 309 g/mol. The Kier molecular flexibility index (Phi) is 3.31. The zero-order valence-corrected chi connectivity index (χ0v) is 12.4. The van der Waals surface area contributed by atoms with E-state index in [9.17, 15) is 9.18 Å². The van der Waals surface area contributed by atoms with E-state index in [1.165, 1.54) is 12.1 Å². The number of pyridine rings is 1. The van der Waals surface area contributed by atoms with Gasteiger partial charge in [0.1, 0.15) is 11.5 Å². The molecule has 6 nitrogen and oxygen atoms in total. The number of carbonyl (C=O) groups is 1. The van der Waals surface area contributed by atoms with Crippen LogP contribution in [0.1, 0.15) is 10.5 Å². The molecule has 0 aliphatic carbocycles. The standard InChI is InChI=1S/C17H12FN5O/c18-12-3-1-11(2-4-12)15-10-16(22-21-15)17(24)20-13-6-8-23-14(9-13)5-7-19-23/h1-10H,(H,20,24)(H,21,22). The van der Waals surface area contributed by atoms with E-state index in [2.05, 4.69) is 20.6 Å². The summed E-state index contributed by atoms with van der Waals surface area (Å²) in [5.74, 6) is -0.623. The van der Waals surface area contributed by atoms with Crippen molar-refractivity contribution in [1.29, 1.82) is 0 Å². The smallest absolute Gasteiger partial charge is 0.273 e. The zero-order valence-electron chi connectivity index (χ0n) is 12.4. The maximum atomic E-state index is 13.0. The summed E-state index contributed by atoms with van der Waals surface area (Å²) < 4.78 is 14.7. The number of anilines is 1. The molecule has 3 heterocycles. The summed E-state index contributed by atoms with van der Waals surface area (Å²) in [6, 6.07) is 13.0. The van der Waals surface area contributed by atoms with Gasteiger partial charge in [0.15, 0.2) is 0 Å². The van der Waals surface area contributed by atoms with Crippen LogP contribution in [0.15, 0.2) is 60.9 Å². The van der Waals surface area contributed by atoms with Crippen LogP contribution in [0.3, 0.4) is 0 Å². The van der Waals surface area contributed by atoms with Crippen molar-refractivity contribution in [3.05, 3.63) is 72.4 Å². The lowest BCUT2D eigenvalue weighted by atomic mass is 10.1. The highest BCUT2D eigenvalue weighted by Gasteiger charge is 2.12. The van der Waals surface area contributed by atoms with Gasteiger partial charge in [0.05, 0.1) is 11.2 Å². The number of aromatic amines is 1. The number of hydrogen-bond donors (Lipinski definition) is 2. The van der Waals surface area contributed by atoms with Crippen LogP contribution >= 0.6 is 0 Å². The third-order valence-electron chi connectivity index (χ3n) is 3.62. The number of H-pyrrole nitrogens is 1. The molecule has 0 saturated heterocycles. The summed E-state index contributed by atoms with van der Waals surface area (Å²) in [6.45, 7) is 0. The summed E-state index contributed by atoms with van der Waals surface area (Å²) in [7, 11) is 0. The molecule has 4 rings (SSSR count). The Labute approximate surface area is 135 Å². The van der Waals surface area contributed by atoms with E-state index in [1.54, 1.807) is 41.2 Å². The first kappa shape index (κ1) is 14.1. The van der Waals surface area contributed by atoms with Gasteiger partial charge in [0, 0.05) is 23.6 Å². The van der Waals surface area contributed by atoms with Crippen LogP contribution in [0, 0.1) is 5.82 Å². The molecule has 0 saturated carbocycles. The summed E-state index contributed by atoms with van der Waals surface area (Å²) in [5.41, 5.74) is 3.16. The van der Waals surface area contributed by atoms with Crippen molar-refractivity contribution in [1.82, 2.24) is 19.8 Å². The number of nitrogens with zero attached hydrogens (tertiary/aromatic N) is 3. The fraction of sp³-hybridized carbons (Fsp3) is 0. The van der Waals surface area contributed by atoms with Crippen molar-refractivity contribution >= 4 is 17.1 Å². The molecule has 4 aromatic rings. The van der Waals surface area contributed by atoms with Gasteiger partial charge in [-0.1, -0.05) is 0 Å². The molecule has 0 fully saturated rings. The minimum absolute atomic E-state index is 0.306. The molecule has 2 N–H and O–H groups in total. The maximum absolute atomic E-state index is 13.0. The summed E-state index contributed by atoms with van der Waals surface area (Å²) >= 11 is 0. The molecule has 0 radical (unpaired) electrons. The predicted octanol–water partition coefficient (Wildman–Crippen LogP) is 3.12. The molecule has 24 heavy (non-hydrogen) atoms. The molecule has 3 aromatic heterocycles. The number of nitrogens with one attached hydrogen (secondary N) is 2. The molecule has 0 spiro atoms. The lowest BCUT2D eigenvalue weighted by molar-refractivity contribution is 0.102. The second kappa shape index (κ2) is 5.62. The van der Waals surface area contributed by atoms with Crippen molar-refractivity contribution in [2.45, 2.75) is 0 Å². The lowest BCUT2D eigenvalue weighted by Gasteiger charge is -2.03. The van der Waals surface area contributed by atoms with Crippen LogP contribution in [-0.4, -0.2) is 25.7 Å². The van der Waals surface area contributed by atoms with Gasteiger partial charge in [-0.2, -0.15) is 10.2 Å². The first-order valence-corrected chi connectivity index (χ1v) is 7.25. The van der Waals surface area contributed by atoms with Crippen molar-refractivity contribution in [2.75, 3.05) is 5.32 Å². The highest BCUT2D eigenvalue weighted by atomic mass is 19.1. The second-order valence-corrected chi connectivity index (χ2v) is 5.24. The number of amides is 1. The number of hydrogen-bond acceptors (Lipinski definition) is 3. The summed E-state index contributed by atoms with van der Waals surface area (Å²) in [4.78, 5) is 12.3. The highest BCUT2D eigenvalue weighted by Crippen LogP contribution is 2.19. The van der Waals surface area contributed by atoms with Gasteiger partial charge in [0.2, 0.25) is 0 Å². The van der Waals surface area contributed by atoms with Crippen molar-refractivity contribution in [3.63, 3.8) is 0 Å². The fourth-order valence-electron chi connectivity index (χ4n) is 2.40. The number of aromatic nitrogens is 4. The predicted molar refractivity (Wildman–Crippen MR) is 87.1 cm³/mol. The number of halogens is 1. The molecule has 0 unspecified atom stereocenters. The first-order valence-electron chi connectivity index (χ1n) is 7.25. The minimum atomic E-state index is -0.317. The SMILES string of the molecule is O=C(Nc1ccn2nccc2c1)c1cc(-c2ccc(F)cc2)n[nH]1. The molecule has 0 atom stereocenters. The van der Waals surface area contributed by atoms with Crippen LogP contribution in [0.25, 0.3) is 16.8 Å². The molecule has 0 aliphatic rings. The van der Waals surface area contributed by atoms with Crippen molar-refractivity contribution in [3.8, 4) is 11.3 Å². The molecular formula is C17H12FN5O. The second-order valence-electron chi connectivity index (χ2n) is 5.24. The Morgan fingerprint density at radius 1 is 1.12 bits per heavy atom. The summed E-state index contributed by atoms with van der Waals surface area (Å²) in [6.07, 6.45) is 3.45. The average Bonchev–Trinajstić information content (AvgIpc) is 3.24. The van der Waals surface area contributed by atoms with E-state index >= 15 is 0 Å². The molecule has 1 aromatic carbocycles. The molecule has 0 bridgehead atoms. The number of fused-ring (bicyclic) bond motifs is 1. The van der Waals surface area contributed by atoms with Gasteiger partial charge >= 0.3 is 0 Å². The van der Waals surface area contributed by atoms with Crippen LogP contribution in [-0.2, 0) is 0 Å². The maximum Gasteiger partial charge on any atom is 0.273 e. The van der Waals surface area contributed by atoms with Gasteiger partial charge < -0.3 is 5.32 Å². The van der Waals surface area contributed by atoms with Crippen LogP contribution in [0.5, 0.6) is 0 Å². The first-order chi connectivity index (χ1) is 11.7. The van der Waals surface area contributed by atoms with Gasteiger partial charge in [-0.15, -0.1) is 0 Å². The fourth-order valence-corrected chi connectivity index (χ4v) is 2.40. The largest absolute Gasteiger partial charge is 0.321 e. The summed E-state index contributed by atoms with van der Waals surface area (Å²) in [5, 5.41) is 13.7. The molecule has 1 amide bonds. The van der Waals surface area contributed by atoms with E-state index in [-0.39, 0.29) is 11.7 Å². The highest BCUT2D eigenvalue weighted by molar-refractivity contribution is 6.03. The molecule has 0 aliphatic heterocycles. The minimum Gasteiger partial charge on any atom is -0.321 e. The number of rotatable bonds is 3. The Bertz CT molecular complexity index is 1020. The van der Waals surface area contributed by atoms with E-state index in [4.69, 9.17) is 0 Å². The zero-order chi connectivity index (χ0) is 16.5. The van der Waals surface area contributed by atoms with Crippen molar-refractivity contribution in [2.24, 2.45) is 0 Å². The van der Waals surface area contributed by atoms with Gasteiger partial charge in [0.25, 0.3) is 5.91 Å². The normalized spacial score (nSPS) is 10.9. The third-order valence-corrected chi connectivity index (χ3v) is 3.62. The van der Waals surface area contributed by atoms with Crippen LogP contribution in [0.4, 0.5) is 10.1 Å². The monoisotopic (exact) mass is 321 g/mol. The van der Waals surface area contributed by atoms with E-state index in [1.807, 2.05) is 12.1 Å². The third kappa shape index (κ3) is 2.63. The van der Waals surface area contributed by atoms with E-state index < -0.39 is 0 Å². The van der Waals surface area contributed by atoms with Crippen LogP contribution < -0.4 is 5.32 Å². The Morgan fingerprint density at radius 2 is 1.96 bits per heavy atom. The molecule has 7 heteroatoms. The van der Waals surface area contributed by atoms with Crippen molar-refractivity contribution < 1.29 is 9.18 Å². The van der Waals surface area contributed by atoms with E-state index in [0.29, 0.717) is 17.1 Å².